The maximum Gasteiger partial charge on any atom is 0.270 e. The number of rotatable bonds is 6. The van der Waals surface area contributed by atoms with Crippen molar-refractivity contribution in [2.75, 3.05) is 0 Å². The van der Waals surface area contributed by atoms with Crippen molar-refractivity contribution in [3.63, 3.8) is 0 Å². The van der Waals surface area contributed by atoms with E-state index in [2.05, 4.69) is 24.2 Å². The fraction of sp³-hybridized carbons (Fsp3) is 0.192. The van der Waals surface area contributed by atoms with E-state index in [1.54, 1.807) is 24.4 Å². The second kappa shape index (κ2) is 8.12. The van der Waals surface area contributed by atoms with Crippen LogP contribution >= 0.6 is 0 Å². The summed E-state index contributed by atoms with van der Waals surface area (Å²) in [5.74, 6) is -3.01. The molecule has 0 aliphatic rings. The Bertz CT molecular complexity index is 1040. The molecule has 0 aliphatic carbocycles. The van der Waals surface area contributed by atoms with E-state index in [9.17, 15) is 8.78 Å². The normalized spacial score (nSPS) is 12.4. The fourth-order valence-corrected chi connectivity index (χ4v) is 3.59. The van der Waals surface area contributed by atoms with Crippen molar-refractivity contribution >= 4 is 5.57 Å². The molecule has 0 bridgehead atoms. The quantitative estimate of drug-likeness (QED) is 0.399. The predicted molar refractivity (Wildman–Crippen MR) is 117 cm³/mol. The van der Waals surface area contributed by atoms with E-state index in [4.69, 9.17) is 0 Å². The molecule has 1 heterocycles. The summed E-state index contributed by atoms with van der Waals surface area (Å²) in [5, 5.41) is 0. The standard InChI is InChI=1S/C26H25F2N/c1-6-23(20-9-12-22(13-10-20)26(5,27)28)19(4)24-14-11-21(16-18(24)3)25-17(2)8-7-15-29-25/h6-16,23H,1,4H2,2-3,5H3. The van der Waals surface area contributed by atoms with Gasteiger partial charge >= 0.3 is 0 Å². The molecule has 29 heavy (non-hydrogen) atoms. The van der Waals surface area contributed by atoms with Crippen LogP contribution in [0.5, 0.6) is 0 Å². The van der Waals surface area contributed by atoms with Crippen LogP contribution in [0.25, 0.3) is 16.8 Å². The molecule has 3 aromatic rings. The molecule has 2 aromatic carbocycles. The molecule has 0 N–H and O–H groups in total. The van der Waals surface area contributed by atoms with Gasteiger partial charge in [0.2, 0.25) is 0 Å². The Balaban J connectivity index is 1.92. The van der Waals surface area contributed by atoms with Gasteiger partial charge in [0.05, 0.1) is 5.69 Å². The molecule has 3 heteroatoms. The largest absolute Gasteiger partial charge is 0.270 e. The molecule has 0 spiro atoms. The smallest absolute Gasteiger partial charge is 0.256 e. The number of hydrogen-bond acceptors (Lipinski definition) is 1. The van der Waals surface area contributed by atoms with Crippen LogP contribution in [0, 0.1) is 13.8 Å². The van der Waals surface area contributed by atoms with Crippen molar-refractivity contribution in [2.24, 2.45) is 0 Å². The lowest BCUT2D eigenvalue weighted by atomic mass is 9.85. The monoisotopic (exact) mass is 389 g/mol. The van der Waals surface area contributed by atoms with Crippen molar-refractivity contribution in [2.45, 2.75) is 32.6 Å². The van der Waals surface area contributed by atoms with Gasteiger partial charge in [-0.2, -0.15) is 0 Å². The summed E-state index contributed by atoms with van der Waals surface area (Å²) in [6.45, 7) is 13.2. The van der Waals surface area contributed by atoms with Gasteiger partial charge < -0.3 is 0 Å². The molecule has 0 saturated heterocycles. The molecule has 0 radical (unpaired) electrons. The Kier molecular flexibility index (Phi) is 5.78. The average molecular weight is 389 g/mol. The number of nitrogens with zero attached hydrogens (tertiary/aromatic N) is 1. The molecule has 1 unspecified atom stereocenters. The van der Waals surface area contributed by atoms with Crippen LogP contribution in [0.2, 0.25) is 0 Å². The molecular weight excluding hydrogens is 364 g/mol. The molecule has 1 nitrogen and oxygen atoms in total. The van der Waals surface area contributed by atoms with Crippen LogP contribution in [-0.4, -0.2) is 4.98 Å². The first kappa shape index (κ1) is 20.7. The maximum atomic E-state index is 13.5. The molecule has 0 amide bonds. The summed E-state index contributed by atoms with van der Waals surface area (Å²) in [4.78, 5) is 4.49. The molecule has 148 valence electrons. The van der Waals surface area contributed by atoms with Crippen LogP contribution < -0.4 is 0 Å². The summed E-state index contributed by atoms with van der Waals surface area (Å²) < 4.78 is 27.0. The van der Waals surface area contributed by atoms with E-state index in [-0.39, 0.29) is 11.5 Å². The number of aryl methyl sites for hydroxylation is 2. The van der Waals surface area contributed by atoms with Crippen LogP contribution in [0.15, 0.2) is 80.0 Å². The van der Waals surface area contributed by atoms with Gasteiger partial charge in [-0.3, -0.25) is 4.98 Å². The van der Waals surface area contributed by atoms with Crippen molar-refractivity contribution in [3.8, 4) is 11.3 Å². The predicted octanol–water partition coefficient (Wildman–Crippen LogP) is 7.46. The Morgan fingerprint density at radius 1 is 1.03 bits per heavy atom. The van der Waals surface area contributed by atoms with Crippen molar-refractivity contribution in [3.05, 3.63) is 108 Å². The van der Waals surface area contributed by atoms with Gasteiger partial charge in [-0.05, 0) is 53.8 Å². The first-order chi connectivity index (χ1) is 13.7. The third-order valence-electron chi connectivity index (χ3n) is 5.24. The van der Waals surface area contributed by atoms with Crippen LogP contribution in [-0.2, 0) is 5.92 Å². The third-order valence-corrected chi connectivity index (χ3v) is 5.24. The number of aromatic nitrogens is 1. The zero-order chi connectivity index (χ0) is 21.2. The lowest BCUT2D eigenvalue weighted by Crippen LogP contribution is -2.07. The molecule has 0 aliphatic heterocycles. The van der Waals surface area contributed by atoms with Crippen molar-refractivity contribution in [1.29, 1.82) is 0 Å². The van der Waals surface area contributed by atoms with Gasteiger partial charge in [-0.1, -0.05) is 55.1 Å². The van der Waals surface area contributed by atoms with Crippen LogP contribution in [0.3, 0.4) is 0 Å². The SMILES string of the molecule is C=CC(C(=C)c1ccc(-c2ncccc2C)cc1C)c1ccc(C(C)(F)F)cc1. The summed E-state index contributed by atoms with van der Waals surface area (Å²) in [6.07, 6.45) is 3.60. The molecule has 1 atom stereocenters. The number of alkyl halides is 2. The number of benzene rings is 2. The first-order valence-corrected chi connectivity index (χ1v) is 9.55. The highest BCUT2D eigenvalue weighted by atomic mass is 19.3. The van der Waals surface area contributed by atoms with Gasteiger partial charge in [0.15, 0.2) is 0 Å². The number of pyridine rings is 1. The van der Waals surface area contributed by atoms with Gasteiger partial charge in [-0.25, -0.2) is 8.78 Å². The fourth-order valence-electron chi connectivity index (χ4n) is 3.59. The second-order valence-electron chi connectivity index (χ2n) is 7.45. The summed E-state index contributed by atoms with van der Waals surface area (Å²) in [6, 6.07) is 16.6. The van der Waals surface area contributed by atoms with Crippen LogP contribution in [0.1, 0.15) is 40.7 Å². The Morgan fingerprint density at radius 3 is 2.28 bits per heavy atom. The van der Waals surface area contributed by atoms with Gasteiger partial charge in [-0.15, -0.1) is 6.58 Å². The summed E-state index contributed by atoms with van der Waals surface area (Å²) >= 11 is 0. The van der Waals surface area contributed by atoms with E-state index >= 15 is 0 Å². The zero-order valence-corrected chi connectivity index (χ0v) is 17.0. The Morgan fingerprint density at radius 2 is 1.72 bits per heavy atom. The molecular formula is C26H25F2N. The minimum atomic E-state index is -2.85. The highest BCUT2D eigenvalue weighted by molar-refractivity contribution is 5.76. The molecule has 1 aromatic heterocycles. The van der Waals surface area contributed by atoms with Gasteiger partial charge in [0, 0.05) is 30.2 Å². The molecule has 3 rings (SSSR count). The van der Waals surface area contributed by atoms with Crippen molar-refractivity contribution in [1.82, 2.24) is 4.98 Å². The lowest BCUT2D eigenvalue weighted by molar-refractivity contribution is 0.0174. The Labute approximate surface area is 171 Å². The van der Waals surface area contributed by atoms with E-state index in [0.29, 0.717) is 0 Å². The minimum absolute atomic E-state index is 0.000869. The number of allylic oxidation sites excluding steroid dienone is 2. The highest BCUT2D eigenvalue weighted by Gasteiger charge is 2.24. The topological polar surface area (TPSA) is 12.9 Å². The molecule has 0 saturated carbocycles. The molecule has 0 fully saturated rings. The first-order valence-electron chi connectivity index (χ1n) is 9.55. The van der Waals surface area contributed by atoms with E-state index < -0.39 is 5.92 Å². The maximum absolute atomic E-state index is 13.5. The van der Waals surface area contributed by atoms with Crippen molar-refractivity contribution < 1.29 is 8.78 Å². The van der Waals surface area contributed by atoms with Crippen LogP contribution in [0.4, 0.5) is 8.78 Å². The van der Waals surface area contributed by atoms with Gasteiger partial charge in [0.25, 0.3) is 5.92 Å². The Hall–Kier alpha value is -3.07. The minimum Gasteiger partial charge on any atom is -0.256 e. The number of halogens is 2. The number of hydrogen-bond donors (Lipinski definition) is 0. The van der Waals surface area contributed by atoms with E-state index in [1.165, 1.54) is 12.1 Å². The summed E-state index contributed by atoms with van der Waals surface area (Å²) in [7, 11) is 0. The second-order valence-corrected chi connectivity index (χ2v) is 7.45. The highest BCUT2D eigenvalue weighted by Crippen LogP contribution is 2.36. The lowest BCUT2D eigenvalue weighted by Gasteiger charge is -2.20. The van der Waals surface area contributed by atoms with E-state index in [0.717, 1.165) is 46.0 Å². The summed E-state index contributed by atoms with van der Waals surface area (Å²) in [5.41, 5.74) is 7.03. The van der Waals surface area contributed by atoms with E-state index in [1.807, 2.05) is 38.1 Å². The zero-order valence-electron chi connectivity index (χ0n) is 17.0. The average Bonchev–Trinajstić information content (AvgIpc) is 2.68. The van der Waals surface area contributed by atoms with Gasteiger partial charge in [0.1, 0.15) is 0 Å². The third kappa shape index (κ3) is 4.34.